The number of non-ortho nitro benzene ring substituents is 1. The van der Waals surface area contributed by atoms with Gasteiger partial charge in [0.15, 0.2) is 5.69 Å². The molecule has 19 heavy (non-hydrogen) atoms. The first-order chi connectivity index (χ1) is 9.02. The van der Waals surface area contributed by atoms with E-state index >= 15 is 0 Å². The molecule has 0 radical (unpaired) electrons. The van der Waals surface area contributed by atoms with E-state index in [9.17, 15) is 14.9 Å². The summed E-state index contributed by atoms with van der Waals surface area (Å²) in [5.74, 6) is 0.0303. The van der Waals surface area contributed by atoms with Crippen LogP contribution >= 0.6 is 0 Å². The molecule has 0 aliphatic carbocycles. The molecule has 1 heterocycles. The zero-order valence-electron chi connectivity index (χ0n) is 10.3. The third-order valence-electron chi connectivity index (χ3n) is 2.56. The number of esters is 1. The lowest BCUT2D eigenvalue weighted by atomic mass is 10.1. The summed E-state index contributed by atoms with van der Waals surface area (Å²) in [5.41, 5.74) is 1.24. The fourth-order valence-corrected chi connectivity index (χ4v) is 1.69. The number of nitrogens with one attached hydrogen (secondary N) is 1. The lowest BCUT2D eigenvalue weighted by Crippen LogP contribution is -2.03. The quantitative estimate of drug-likeness (QED) is 0.518. The summed E-state index contributed by atoms with van der Waals surface area (Å²) in [5, 5.41) is 10.6. The Kier molecular flexibility index (Phi) is 3.28. The van der Waals surface area contributed by atoms with Crippen LogP contribution in [0.4, 0.5) is 5.69 Å². The van der Waals surface area contributed by atoms with Gasteiger partial charge in [0.05, 0.1) is 12.0 Å². The second-order valence-corrected chi connectivity index (χ2v) is 3.84. The number of hydrogen-bond donors (Lipinski definition) is 1. The zero-order valence-corrected chi connectivity index (χ0v) is 10.3. The van der Waals surface area contributed by atoms with Gasteiger partial charge in [-0.05, 0) is 19.1 Å². The van der Waals surface area contributed by atoms with Crippen molar-refractivity contribution >= 4 is 11.7 Å². The van der Waals surface area contributed by atoms with Crippen LogP contribution in [0.25, 0.3) is 11.3 Å². The molecule has 0 bridgehead atoms. The van der Waals surface area contributed by atoms with Crippen molar-refractivity contribution in [3.63, 3.8) is 0 Å². The van der Waals surface area contributed by atoms with Crippen molar-refractivity contribution in [3.8, 4) is 11.3 Å². The number of carbonyl (C=O) groups excluding carboxylic acids is 1. The molecule has 98 valence electrons. The molecule has 7 nitrogen and oxygen atoms in total. The van der Waals surface area contributed by atoms with E-state index in [4.69, 9.17) is 0 Å². The maximum absolute atomic E-state index is 11.6. The van der Waals surface area contributed by atoms with Gasteiger partial charge in [0.2, 0.25) is 0 Å². The monoisotopic (exact) mass is 261 g/mol. The summed E-state index contributed by atoms with van der Waals surface area (Å²) in [7, 11) is 1.28. The van der Waals surface area contributed by atoms with E-state index in [2.05, 4.69) is 14.7 Å². The lowest BCUT2D eigenvalue weighted by molar-refractivity contribution is -0.384. The first-order valence-corrected chi connectivity index (χ1v) is 5.42. The molecule has 0 unspecified atom stereocenters. The van der Waals surface area contributed by atoms with E-state index in [1.54, 1.807) is 19.1 Å². The van der Waals surface area contributed by atoms with Gasteiger partial charge in [-0.25, -0.2) is 9.78 Å². The third-order valence-corrected chi connectivity index (χ3v) is 2.56. The number of benzene rings is 1. The Morgan fingerprint density at radius 1 is 1.37 bits per heavy atom. The number of nitro benzene ring substituents is 1. The Balaban J connectivity index is 2.46. The number of ether oxygens (including phenoxy) is 1. The van der Waals surface area contributed by atoms with Gasteiger partial charge in [-0.2, -0.15) is 0 Å². The van der Waals surface area contributed by atoms with E-state index in [0.29, 0.717) is 17.1 Å². The van der Waals surface area contributed by atoms with Crippen LogP contribution in [0.2, 0.25) is 0 Å². The highest BCUT2D eigenvalue weighted by atomic mass is 16.6. The number of methoxy groups -OCH3 is 1. The maximum Gasteiger partial charge on any atom is 0.356 e. The summed E-state index contributed by atoms with van der Waals surface area (Å²) in [6, 6.07) is 5.81. The average molecular weight is 261 g/mol. The molecular weight excluding hydrogens is 250 g/mol. The minimum atomic E-state index is -0.533. The molecule has 0 saturated carbocycles. The summed E-state index contributed by atoms with van der Waals surface area (Å²) in [4.78, 5) is 28.7. The molecule has 1 aromatic carbocycles. The van der Waals surface area contributed by atoms with Gasteiger partial charge >= 0.3 is 5.97 Å². The van der Waals surface area contributed by atoms with Crippen LogP contribution < -0.4 is 0 Å². The first-order valence-electron chi connectivity index (χ1n) is 5.42. The van der Waals surface area contributed by atoms with Crippen LogP contribution in [0.1, 0.15) is 16.3 Å². The van der Waals surface area contributed by atoms with Crippen LogP contribution in [-0.2, 0) is 4.74 Å². The van der Waals surface area contributed by atoms with Crippen molar-refractivity contribution in [1.29, 1.82) is 0 Å². The highest BCUT2D eigenvalue weighted by Gasteiger charge is 2.18. The minimum absolute atomic E-state index is 0.0179. The second-order valence-electron chi connectivity index (χ2n) is 3.84. The number of hydrogen-bond acceptors (Lipinski definition) is 5. The molecule has 0 aliphatic rings. The third kappa shape index (κ3) is 2.44. The highest BCUT2D eigenvalue weighted by molar-refractivity contribution is 5.94. The van der Waals surface area contributed by atoms with Crippen LogP contribution in [0.15, 0.2) is 24.3 Å². The van der Waals surface area contributed by atoms with Gasteiger partial charge in [-0.1, -0.05) is 0 Å². The van der Waals surface area contributed by atoms with Crippen molar-refractivity contribution < 1.29 is 14.5 Å². The predicted molar refractivity (Wildman–Crippen MR) is 66.8 cm³/mol. The summed E-state index contributed by atoms with van der Waals surface area (Å²) >= 11 is 0. The van der Waals surface area contributed by atoms with Crippen molar-refractivity contribution in [2.24, 2.45) is 0 Å². The number of nitrogens with zero attached hydrogens (tertiary/aromatic N) is 2. The lowest BCUT2D eigenvalue weighted by Gasteiger charge is -2.00. The normalized spacial score (nSPS) is 10.2. The summed E-state index contributed by atoms with van der Waals surface area (Å²) in [6.07, 6.45) is 0. The largest absolute Gasteiger partial charge is 0.464 e. The second kappa shape index (κ2) is 4.89. The molecule has 0 amide bonds. The number of carbonyl (C=O) groups is 1. The van der Waals surface area contributed by atoms with E-state index < -0.39 is 10.9 Å². The highest BCUT2D eigenvalue weighted by Crippen LogP contribution is 2.24. The molecule has 0 fully saturated rings. The van der Waals surface area contributed by atoms with Gasteiger partial charge < -0.3 is 9.72 Å². The minimum Gasteiger partial charge on any atom is -0.464 e. The van der Waals surface area contributed by atoms with Gasteiger partial charge in [0.25, 0.3) is 5.69 Å². The summed E-state index contributed by atoms with van der Waals surface area (Å²) < 4.78 is 4.66. The number of aromatic nitrogens is 2. The van der Waals surface area contributed by atoms with Crippen molar-refractivity contribution in [2.45, 2.75) is 6.92 Å². The predicted octanol–water partition coefficient (Wildman–Crippen LogP) is 2.08. The Bertz CT molecular complexity index is 631. The fraction of sp³-hybridized carbons (Fsp3) is 0.167. The van der Waals surface area contributed by atoms with E-state index in [0.717, 1.165) is 0 Å². The molecule has 0 aliphatic heterocycles. The van der Waals surface area contributed by atoms with E-state index in [1.807, 2.05) is 0 Å². The van der Waals surface area contributed by atoms with Crippen molar-refractivity contribution in [1.82, 2.24) is 9.97 Å². The molecule has 7 heteroatoms. The number of H-pyrrole nitrogens is 1. The first kappa shape index (κ1) is 12.7. The molecule has 2 aromatic rings. The van der Waals surface area contributed by atoms with Crippen LogP contribution in [0, 0.1) is 17.0 Å². The average Bonchev–Trinajstić information content (AvgIpc) is 2.80. The van der Waals surface area contributed by atoms with Crippen LogP contribution in [-0.4, -0.2) is 28.0 Å². The maximum atomic E-state index is 11.6. The number of aromatic amines is 1. The van der Waals surface area contributed by atoms with Crippen molar-refractivity contribution in [2.75, 3.05) is 7.11 Å². The molecular formula is C12H11N3O4. The Hall–Kier alpha value is -2.70. The van der Waals surface area contributed by atoms with Gasteiger partial charge in [0.1, 0.15) is 11.5 Å². The molecule has 0 saturated heterocycles. The standard InChI is InChI=1S/C12H11N3O4/c1-7-13-10(11(14-7)12(16)19-2)8-3-5-9(6-4-8)15(17)18/h3-6H,1-2H3,(H,13,14). The molecule has 2 rings (SSSR count). The molecule has 1 N–H and O–H groups in total. The SMILES string of the molecule is COC(=O)c1[nH]c(C)nc1-c1ccc([N+](=O)[O-])cc1. The van der Waals surface area contributed by atoms with Crippen molar-refractivity contribution in [3.05, 3.63) is 45.9 Å². The number of rotatable bonds is 3. The Morgan fingerprint density at radius 2 is 2.00 bits per heavy atom. The topological polar surface area (TPSA) is 98.1 Å². The Morgan fingerprint density at radius 3 is 2.53 bits per heavy atom. The summed E-state index contributed by atoms with van der Waals surface area (Å²) in [6.45, 7) is 1.71. The number of aryl methyl sites for hydroxylation is 1. The molecule has 0 atom stereocenters. The van der Waals surface area contributed by atoms with Gasteiger partial charge in [-0.15, -0.1) is 0 Å². The number of nitro groups is 1. The smallest absolute Gasteiger partial charge is 0.356 e. The fourth-order valence-electron chi connectivity index (χ4n) is 1.69. The zero-order chi connectivity index (χ0) is 14.0. The van der Waals surface area contributed by atoms with Crippen LogP contribution in [0.3, 0.4) is 0 Å². The van der Waals surface area contributed by atoms with Crippen LogP contribution in [0.5, 0.6) is 0 Å². The van der Waals surface area contributed by atoms with Gasteiger partial charge in [-0.3, -0.25) is 10.1 Å². The number of imidazole rings is 1. The molecule has 0 spiro atoms. The van der Waals surface area contributed by atoms with E-state index in [-0.39, 0.29) is 11.4 Å². The Labute approximate surface area is 108 Å². The van der Waals surface area contributed by atoms with E-state index in [1.165, 1.54) is 19.2 Å². The molecule has 1 aromatic heterocycles. The van der Waals surface area contributed by atoms with Gasteiger partial charge in [0, 0.05) is 17.7 Å².